The summed E-state index contributed by atoms with van der Waals surface area (Å²) in [7, 11) is -7.89. The number of hydrogen-bond donors (Lipinski definition) is 2. The highest BCUT2D eigenvalue weighted by atomic mass is 32.2. The fraction of sp³-hybridized carbons (Fsp3) is 0.793. The Bertz CT molecular complexity index is 1100. The lowest BCUT2D eigenvalue weighted by molar-refractivity contribution is -0.00531. The molecule has 1 aromatic rings. The van der Waals surface area contributed by atoms with Crippen molar-refractivity contribution < 1.29 is 73.3 Å². The highest BCUT2D eigenvalue weighted by Gasteiger charge is 2.07. The van der Waals surface area contributed by atoms with E-state index in [2.05, 4.69) is 0 Å². The highest BCUT2D eigenvalue weighted by molar-refractivity contribution is 7.86. The van der Waals surface area contributed by atoms with Crippen LogP contribution in [0.4, 0.5) is 0 Å². The van der Waals surface area contributed by atoms with Crippen molar-refractivity contribution in [2.24, 2.45) is 0 Å². The number of rotatable bonds is 34. The third-order valence-electron chi connectivity index (χ3n) is 5.68. The van der Waals surface area contributed by atoms with E-state index < -0.39 is 20.2 Å². The monoisotopic (exact) mass is 720 g/mol. The zero-order chi connectivity index (χ0) is 34.5. The van der Waals surface area contributed by atoms with Crippen LogP contribution in [0.1, 0.15) is 18.4 Å². The SMILES string of the molecule is Cc1ccc(OCCOCCOCCOCCOCCCS(=O)(=O)O)c(OCCOCCOCCOCCOCCCS(=O)(=O)O)c1. The third kappa shape index (κ3) is 30.1. The van der Waals surface area contributed by atoms with Crippen molar-refractivity contribution in [3.8, 4) is 11.5 Å². The minimum absolute atomic E-state index is 0.232. The molecule has 276 valence electrons. The molecular weight excluding hydrogens is 668 g/mol. The second-order valence-corrected chi connectivity index (χ2v) is 13.0. The van der Waals surface area contributed by atoms with Crippen LogP contribution in [-0.4, -0.2) is 156 Å². The van der Waals surface area contributed by atoms with Crippen LogP contribution >= 0.6 is 0 Å². The number of benzene rings is 1. The maximum atomic E-state index is 10.6. The van der Waals surface area contributed by atoms with Crippen LogP contribution in [0, 0.1) is 6.92 Å². The van der Waals surface area contributed by atoms with Gasteiger partial charge < -0.3 is 47.4 Å². The molecule has 0 saturated carbocycles. The summed E-state index contributed by atoms with van der Waals surface area (Å²) in [5, 5.41) is 0. The second-order valence-electron chi connectivity index (χ2n) is 9.83. The van der Waals surface area contributed by atoms with Gasteiger partial charge in [0.1, 0.15) is 13.2 Å². The molecule has 0 aromatic heterocycles. The van der Waals surface area contributed by atoms with Crippen LogP contribution < -0.4 is 9.47 Å². The number of aryl methyl sites for hydroxylation is 1. The van der Waals surface area contributed by atoms with Crippen LogP contribution in [-0.2, 0) is 58.1 Å². The molecule has 0 bridgehead atoms. The molecule has 0 aliphatic carbocycles. The largest absolute Gasteiger partial charge is 0.487 e. The molecular formula is C29H52O16S2. The Labute approximate surface area is 278 Å². The Kier molecular flexibility index (Phi) is 26.0. The molecule has 0 aliphatic heterocycles. The normalized spacial score (nSPS) is 12.1. The van der Waals surface area contributed by atoms with Crippen LogP contribution in [0.15, 0.2) is 18.2 Å². The van der Waals surface area contributed by atoms with E-state index in [1.165, 1.54) is 0 Å². The summed E-state index contributed by atoms with van der Waals surface area (Å²) in [6.07, 6.45) is 0.464. The van der Waals surface area contributed by atoms with Crippen LogP contribution in [0.5, 0.6) is 11.5 Å². The molecule has 18 heteroatoms. The van der Waals surface area contributed by atoms with Gasteiger partial charge in [-0.15, -0.1) is 0 Å². The fourth-order valence-electron chi connectivity index (χ4n) is 3.48. The van der Waals surface area contributed by atoms with Gasteiger partial charge in [-0.25, -0.2) is 0 Å². The van der Waals surface area contributed by atoms with Gasteiger partial charge in [0.25, 0.3) is 20.2 Å². The minimum atomic E-state index is -3.94. The first-order valence-electron chi connectivity index (χ1n) is 15.5. The van der Waals surface area contributed by atoms with E-state index in [0.717, 1.165) is 5.56 Å². The van der Waals surface area contributed by atoms with Gasteiger partial charge in [0.2, 0.25) is 0 Å². The summed E-state index contributed by atoms with van der Waals surface area (Å²) < 4.78 is 114. The summed E-state index contributed by atoms with van der Waals surface area (Å²) in [5.41, 5.74) is 1.04. The molecule has 0 saturated heterocycles. The zero-order valence-electron chi connectivity index (χ0n) is 27.2. The molecule has 0 unspecified atom stereocenters. The van der Waals surface area contributed by atoms with Gasteiger partial charge in [-0.3, -0.25) is 9.11 Å². The molecule has 0 heterocycles. The van der Waals surface area contributed by atoms with Crippen LogP contribution in [0.25, 0.3) is 0 Å². The molecule has 0 aliphatic rings. The standard InChI is InChI=1S/C29H52O16S2/c1-27-4-5-28(44-22-20-42-18-16-40-14-12-38-10-8-36-6-2-24-46(30,31)32)29(26-27)45-23-21-43-19-17-41-15-13-39-11-9-37-7-3-25-47(33,34)35/h4-5,26H,2-3,6-25H2,1H3,(H,30,31,32)(H,33,34,35). The molecule has 0 radical (unpaired) electrons. The summed E-state index contributed by atoms with van der Waals surface area (Å²) in [4.78, 5) is 0. The molecule has 0 fully saturated rings. The zero-order valence-corrected chi connectivity index (χ0v) is 28.8. The maximum absolute atomic E-state index is 10.6. The molecule has 2 N–H and O–H groups in total. The van der Waals surface area contributed by atoms with Crippen molar-refractivity contribution in [3.05, 3.63) is 23.8 Å². The topological polar surface area (TPSA) is 201 Å². The number of ether oxygens (including phenoxy) is 10. The quantitative estimate of drug-likeness (QED) is 0.0765. The average molecular weight is 721 g/mol. The van der Waals surface area contributed by atoms with Gasteiger partial charge in [0.15, 0.2) is 11.5 Å². The number of hydrogen-bond acceptors (Lipinski definition) is 14. The Morgan fingerprint density at radius 3 is 1.09 bits per heavy atom. The first kappa shape index (κ1) is 43.3. The Morgan fingerprint density at radius 1 is 0.447 bits per heavy atom. The molecule has 0 spiro atoms. The molecule has 1 aromatic carbocycles. The Balaban J connectivity index is 1.95. The first-order valence-corrected chi connectivity index (χ1v) is 18.7. The van der Waals surface area contributed by atoms with Gasteiger partial charge in [0.05, 0.1) is 104 Å². The lowest BCUT2D eigenvalue weighted by Gasteiger charge is -2.14. The van der Waals surface area contributed by atoms with E-state index in [9.17, 15) is 16.8 Å². The van der Waals surface area contributed by atoms with Crippen molar-refractivity contribution in [1.29, 1.82) is 0 Å². The van der Waals surface area contributed by atoms with E-state index in [1.807, 2.05) is 25.1 Å². The predicted octanol–water partition coefficient (Wildman–Crippen LogP) is 1.44. The fourth-order valence-corrected chi connectivity index (χ4v) is 4.44. The van der Waals surface area contributed by atoms with Gasteiger partial charge in [0, 0.05) is 13.2 Å². The van der Waals surface area contributed by atoms with E-state index in [0.29, 0.717) is 117 Å². The molecule has 16 nitrogen and oxygen atoms in total. The lowest BCUT2D eigenvalue weighted by Crippen LogP contribution is -2.15. The third-order valence-corrected chi connectivity index (χ3v) is 7.29. The first-order chi connectivity index (χ1) is 22.6. The van der Waals surface area contributed by atoms with E-state index in [-0.39, 0.29) is 37.6 Å². The average Bonchev–Trinajstić information content (AvgIpc) is 3.00. The smallest absolute Gasteiger partial charge is 0.264 e. The van der Waals surface area contributed by atoms with E-state index in [4.69, 9.17) is 56.5 Å². The summed E-state index contributed by atoms with van der Waals surface area (Å²) in [6, 6.07) is 5.69. The molecule has 1 rings (SSSR count). The van der Waals surface area contributed by atoms with Gasteiger partial charge in [-0.05, 0) is 37.5 Å². The van der Waals surface area contributed by atoms with Gasteiger partial charge in [-0.1, -0.05) is 6.07 Å². The van der Waals surface area contributed by atoms with Crippen molar-refractivity contribution in [2.75, 3.05) is 130 Å². The summed E-state index contributed by atoms with van der Waals surface area (Å²) >= 11 is 0. The second kappa shape index (κ2) is 28.2. The van der Waals surface area contributed by atoms with Gasteiger partial charge >= 0.3 is 0 Å². The lowest BCUT2D eigenvalue weighted by atomic mass is 10.2. The van der Waals surface area contributed by atoms with Crippen molar-refractivity contribution >= 4 is 20.2 Å². The maximum Gasteiger partial charge on any atom is 0.264 e. The summed E-state index contributed by atoms with van der Waals surface area (Å²) in [6.45, 7) is 8.51. The predicted molar refractivity (Wildman–Crippen MR) is 171 cm³/mol. The van der Waals surface area contributed by atoms with E-state index in [1.54, 1.807) is 0 Å². The Morgan fingerprint density at radius 2 is 0.745 bits per heavy atom. The van der Waals surface area contributed by atoms with Crippen LogP contribution in [0.3, 0.4) is 0 Å². The van der Waals surface area contributed by atoms with Crippen LogP contribution in [0.2, 0.25) is 0 Å². The highest BCUT2D eigenvalue weighted by Crippen LogP contribution is 2.28. The summed E-state index contributed by atoms with van der Waals surface area (Å²) in [5.74, 6) is 0.599. The van der Waals surface area contributed by atoms with Crippen molar-refractivity contribution in [3.63, 3.8) is 0 Å². The van der Waals surface area contributed by atoms with E-state index >= 15 is 0 Å². The van der Waals surface area contributed by atoms with Crippen molar-refractivity contribution in [2.45, 2.75) is 19.8 Å². The van der Waals surface area contributed by atoms with Crippen molar-refractivity contribution in [1.82, 2.24) is 0 Å². The molecule has 0 atom stereocenters. The Hall–Kier alpha value is -1.68. The minimum Gasteiger partial charge on any atom is -0.487 e. The van der Waals surface area contributed by atoms with Gasteiger partial charge in [-0.2, -0.15) is 16.8 Å². The molecule has 0 amide bonds. The molecule has 47 heavy (non-hydrogen) atoms.